The van der Waals surface area contributed by atoms with Crippen molar-refractivity contribution >= 4 is 6.29 Å². The van der Waals surface area contributed by atoms with Crippen LogP contribution in [0.4, 0.5) is 0 Å². The maximum atomic E-state index is 10.1. The van der Waals surface area contributed by atoms with Gasteiger partial charge < -0.3 is 20.3 Å². The zero-order valence-electron chi connectivity index (χ0n) is 6.99. The highest BCUT2D eigenvalue weighted by molar-refractivity contribution is 5.52. The van der Waals surface area contributed by atoms with Gasteiger partial charge in [0.15, 0.2) is 6.29 Å². The second kappa shape index (κ2) is 3.98. The van der Waals surface area contributed by atoms with Crippen molar-refractivity contribution in [2.24, 2.45) is 0 Å². The average Bonchev–Trinajstić information content (AvgIpc) is 2.50. The number of aliphatic hydroxyl groups is 2. The van der Waals surface area contributed by atoms with Gasteiger partial charge in [0.25, 0.3) is 0 Å². The van der Waals surface area contributed by atoms with Crippen molar-refractivity contribution in [2.45, 2.75) is 37.5 Å². The summed E-state index contributed by atoms with van der Waals surface area (Å²) in [7, 11) is 0. The number of hydrogen-bond donors (Lipinski definition) is 3. The second-order valence-corrected chi connectivity index (χ2v) is 3.28. The predicted molar refractivity (Wildman–Crippen MR) is 43.5 cm³/mol. The molecule has 0 saturated heterocycles. The van der Waals surface area contributed by atoms with Crippen LogP contribution in [0, 0.1) is 0 Å². The van der Waals surface area contributed by atoms with Crippen LogP contribution >= 0.6 is 0 Å². The monoisotopic (exact) mass is 173 g/mol. The minimum atomic E-state index is -1.36. The van der Waals surface area contributed by atoms with Crippen molar-refractivity contribution in [3.05, 3.63) is 0 Å². The zero-order chi connectivity index (χ0) is 9.03. The van der Waals surface area contributed by atoms with Crippen LogP contribution in [0.25, 0.3) is 0 Å². The fourth-order valence-corrected chi connectivity index (χ4v) is 1.78. The third-order valence-electron chi connectivity index (χ3n) is 2.53. The minimum Gasteiger partial charge on any atom is -0.367 e. The molecule has 3 N–H and O–H groups in total. The zero-order valence-corrected chi connectivity index (χ0v) is 6.99. The van der Waals surface area contributed by atoms with Crippen LogP contribution in [0.5, 0.6) is 0 Å². The summed E-state index contributed by atoms with van der Waals surface area (Å²) in [5.74, 6) is 0. The molecule has 12 heavy (non-hydrogen) atoms. The summed E-state index contributed by atoms with van der Waals surface area (Å²) >= 11 is 0. The molecule has 1 aliphatic carbocycles. The molecule has 0 amide bonds. The third-order valence-corrected chi connectivity index (χ3v) is 2.53. The molecule has 70 valence electrons. The largest absolute Gasteiger partial charge is 0.367 e. The highest BCUT2D eigenvalue weighted by atomic mass is 16.5. The summed E-state index contributed by atoms with van der Waals surface area (Å²) in [6.07, 6.45) is 2.83. The summed E-state index contributed by atoms with van der Waals surface area (Å²) in [6.45, 7) is 0.192. The van der Waals surface area contributed by atoms with Crippen LogP contribution in [-0.2, 0) is 4.79 Å². The summed E-state index contributed by atoms with van der Waals surface area (Å²) in [5, 5.41) is 21.1. The Balaban J connectivity index is 2.52. The first kappa shape index (κ1) is 9.64. The van der Waals surface area contributed by atoms with Gasteiger partial charge in [0.05, 0.1) is 12.1 Å². The molecule has 0 bridgehead atoms. The summed E-state index contributed by atoms with van der Waals surface area (Å²) in [4.78, 5) is 10.1. The van der Waals surface area contributed by atoms with E-state index in [0.717, 1.165) is 32.0 Å². The summed E-state index contributed by atoms with van der Waals surface area (Å²) in [5.41, 5.74) is -0.624. The molecule has 0 aromatic heterocycles. The Morgan fingerprint density at radius 1 is 1.42 bits per heavy atom. The molecule has 0 heterocycles. The number of rotatable bonds is 4. The van der Waals surface area contributed by atoms with Crippen molar-refractivity contribution in [2.75, 3.05) is 6.54 Å². The molecule has 0 radical (unpaired) electrons. The molecule has 0 unspecified atom stereocenters. The Morgan fingerprint density at radius 3 is 2.42 bits per heavy atom. The topological polar surface area (TPSA) is 69.6 Å². The van der Waals surface area contributed by atoms with E-state index in [1.54, 1.807) is 0 Å². The minimum absolute atomic E-state index is 0.192. The predicted octanol–water partition coefficient (Wildman–Crippen LogP) is -0.602. The first-order valence-electron chi connectivity index (χ1n) is 4.26. The van der Waals surface area contributed by atoms with Crippen molar-refractivity contribution in [3.8, 4) is 0 Å². The molecule has 0 atom stereocenters. The highest BCUT2D eigenvalue weighted by Gasteiger charge is 2.39. The van der Waals surface area contributed by atoms with E-state index in [2.05, 4.69) is 5.32 Å². The van der Waals surface area contributed by atoms with Crippen LogP contribution in [0.2, 0.25) is 0 Å². The molecule has 4 heteroatoms. The number of carbonyl (C=O) groups is 1. The molecule has 0 aromatic carbocycles. The Morgan fingerprint density at radius 2 is 2.00 bits per heavy atom. The lowest BCUT2D eigenvalue weighted by Gasteiger charge is -2.31. The summed E-state index contributed by atoms with van der Waals surface area (Å²) < 4.78 is 0. The van der Waals surface area contributed by atoms with Crippen LogP contribution < -0.4 is 5.32 Å². The van der Waals surface area contributed by atoms with Crippen LogP contribution in [0.3, 0.4) is 0 Å². The number of aldehydes is 1. The van der Waals surface area contributed by atoms with Gasteiger partial charge in [-0.15, -0.1) is 0 Å². The van der Waals surface area contributed by atoms with E-state index in [-0.39, 0.29) is 6.54 Å². The molecule has 4 nitrogen and oxygen atoms in total. The third kappa shape index (κ3) is 1.83. The van der Waals surface area contributed by atoms with Crippen molar-refractivity contribution < 1.29 is 15.0 Å². The molecule has 1 rings (SSSR count). The second-order valence-electron chi connectivity index (χ2n) is 3.28. The quantitative estimate of drug-likeness (QED) is 0.392. The van der Waals surface area contributed by atoms with E-state index < -0.39 is 11.8 Å². The SMILES string of the molecule is O=CCNC1(C(O)O)CCCC1. The van der Waals surface area contributed by atoms with Gasteiger partial charge in [-0.25, -0.2) is 0 Å². The molecule has 1 aliphatic rings. The molecule has 1 saturated carbocycles. The van der Waals surface area contributed by atoms with E-state index in [9.17, 15) is 4.79 Å². The van der Waals surface area contributed by atoms with Gasteiger partial charge in [-0.1, -0.05) is 12.8 Å². The van der Waals surface area contributed by atoms with Gasteiger partial charge in [-0.3, -0.25) is 0 Å². The summed E-state index contributed by atoms with van der Waals surface area (Å²) in [6, 6.07) is 0. The molecular formula is C8H15NO3. The number of hydrogen-bond acceptors (Lipinski definition) is 4. The van der Waals surface area contributed by atoms with E-state index in [1.165, 1.54) is 0 Å². The highest BCUT2D eigenvalue weighted by Crippen LogP contribution is 2.31. The van der Waals surface area contributed by atoms with Gasteiger partial charge in [0.1, 0.15) is 6.29 Å². The lowest BCUT2D eigenvalue weighted by molar-refractivity contribution is -0.115. The van der Waals surface area contributed by atoms with Crippen LogP contribution in [-0.4, -0.2) is 34.9 Å². The Bertz CT molecular complexity index is 152. The van der Waals surface area contributed by atoms with Crippen LogP contribution in [0.1, 0.15) is 25.7 Å². The Hall–Kier alpha value is -0.450. The first-order chi connectivity index (χ1) is 5.71. The van der Waals surface area contributed by atoms with Gasteiger partial charge in [0, 0.05) is 0 Å². The van der Waals surface area contributed by atoms with Gasteiger partial charge in [-0.05, 0) is 12.8 Å². The van der Waals surface area contributed by atoms with Gasteiger partial charge in [0.2, 0.25) is 0 Å². The van der Waals surface area contributed by atoms with Crippen molar-refractivity contribution in [1.82, 2.24) is 5.32 Å². The standard InChI is InChI=1S/C8H15NO3/c10-6-5-9-8(7(11)12)3-1-2-4-8/h6-7,9,11-12H,1-5H2. The molecule has 0 spiro atoms. The molecule has 0 aliphatic heterocycles. The molecular weight excluding hydrogens is 158 g/mol. The Kier molecular flexibility index (Phi) is 3.20. The fraction of sp³-hybridized carbons (Fsp3) is 0.875. The van der Waals surface area contributed by atoms with E-state index in [0.29, 0.717) is 0 Å². The van der Waals surface area contributed by atoms with Crippen molar-refractivity contribution in [3.63, 3.8) is 0 Å². The van der Waals surface area contributed by atoms with Crippen LogP contribution in [0.15, 0.2) is 0 Å². The Labute approximate surface area is 71.6 Å². The smallest absolute Gasteiger partial charge is 0.170 e. The maximum absolute atomic E-state index is 10.1. The van der Waals surface area contributed by atoms with E-state index in [1.807, 2.05) is 0 Å². The van der Waals surface area contributed by atoms with Crippen molar-refractivity contribution in [1.29, 1.82) is 0 Å². The first-order valence-corrected chi connectivity index (χ1v) is 4.26. The number of nitrogens with one attached hydrogen (secondary N) is 1. The number of carbonyl (C=O) groups excluding carboxylic acids is 1. The molecule has 1 fully saturated rings. The maximum Gasteiger partial charge on any atom is 0.170 e. The van der Waals surface area contributed by atoms with Gasteiger partial charge >= 0.3 is 0 Å². The fourth-order valence-electron chi connectivity index (χ4n) is 1.78. The lowest BCUT2D eigenvalue weighted by atomic mass is 9.97. The number of aliphatic hydroxyl groups excluding tert-OH is 1. The average molecular weight is 173 g/mol. The van der Waals surface area contributed by atoms with E-state index >= 15 is 0 Å². The lowest BCUT2D eigenvalue weighted by Crippen LogP contribution is -2.53. The normalized spacial score (nSPS) is 21.6. The molecule has 0 aromatic rings. The van der Waals surface area contributed by atoms with E-state index in [4.69, 9.17) is 10.2 Å². The van der Waals surface area contributed by atoms with Gasteiger partial charge in [-0.2, -0.15) is 0 Å².